The zero-order chi connectivity index (χ0) is 14.2. The van der Waals surface area contributed by atoms with Gasteiger partial charge in [0.15, 0.2) is 0 Å². The molecule has 0 radical (unpaired) electrons. The minimum Gasteiger partial charge on any atom is -0.457 e. The summed E-state index contributed by atoms with van der Waals surface area (Å²) in [6, 6.07) is 18.0. The molecular weight excluding hydrogens is 282 g/mol. The predicted molar refractivity (Wildman–Crippen MR) is 91.3 cm³/mol. The van der Waals surface area contributed by atoms with Gasteiger partial charge in [0.05, 0.1) is 0 Å². The van der Waals surface area contributed by atoms with E-state index in [1.807, 2.05) is 48.5 Å². The van der Waals surface area contributed by atoms with Gasteiger partial charge in [-0.2, -0.15) is 0 Å². The smallest absolute Gasteiger partial charge is 0.127 e. The maximum absolute atomic E-state index is 6.24. The van der Waals surface area contributed by atoms with Gasteiger partial charge in [0.2, 0.25) is 0 Å². The van der Waals surface area contributed by atoms with Gasteiger partial charge in [-0.15, -0.1) is 12.4 Å². The molecule has 2 N–H and O–H groups in total. The second-order valence-electron chi connectivity index (χ2n) is 5.09. The highest BCUT2D eigenvalue weighted by Gasteiger charge is 2.07. The lowest BCUT2D eigenvalue weighted by Crippen LogP contribution is -2.10. The van der Waals surface area contributed by atoms with Crippen molar-refractivity contribution in [2.24, 2.45) is 5.73 Å². The Balaban J connectivity index is 0.00000220. The number of unbranched alkanes of at least 4 members (excludes halogenated alkanes) is 2. The third-order valence-electron chi connectivity index (χ3n) is 3.38. The van der Waals surface area contributed by atoms with Crippen molar-refractivity contribution >= 4 is 12.4 Å². The number of hydrogen-bond acceptors (Lipinski definition) is 2. The molecule has 1 atom stereocenters. The molecule has 2 nitrogen and oxygen atoms in total. The Hall–Kier alpha value is -1.51. The summed E-state index contributed by atoms with van der Waals surface area (Å²) in [5.74, 6) is 1.70. The second-order valence-corrected chi connectivity index (χ2v) is 5.09. The van der Waals surface area contributed by atoms with Crippen molar-refractivity contribution in [2.45, 2.75) is 38.6 Å². The highest BCUT2D eigenvalue weighted by molar-refractivity contribution is 5.85. The molecule has 2 rings (SSSR count). The SMILES string of the molecule is CCCCC[C@@H](N)c1cccc(Oc2ccccc2)c1.Cl. The van der Waals surface area contributed by atoms with E-state index in [0.717, 1.165) is 23.5 Å². The highest BCUT2D eigenvalue weighted by Crippen LogP contribution is 2.25. The molecule has 0 amide bonds. The van der Waals surface area contributed by atoms with Crippen molar-refractivity contribution in [3.8, 4) is 11.5 Å². The van der Waals surface area contributed by atoms with Crippen LogP contribution in [0.15, 0.2) is 54.6 Å². The molecule has 0 spiro atoms. The van der Waals surface area contributed by atoms with E-state index in [4.69, 9.17) is 10.5 Å². The predicted octanol–water partition coefficient (Wildman–Crippen LogP) is 5.48. The van der Waals surface area contributed by atoms with Gasteiger partial charge >= 0.3 is 0 Å². The summed E-state index contributed by atoms with van der Waals surface area (Å²) >= 11 is 0. The first-order chi connectivity index (χ1) is 9.79. The van der Waals surface area contributed by atoms with Crippen molar-refractivity contribution in [3.05, 3.63) is 60.2 Å². The van der Waals surface area contributed by atoms with Gasteiger partial charge in [0, 0.05) is 6.04 Å². The molecule has 0 aliphatic carbocycles. The molecule has 0 aliphatic rings. The fourth-order valence-corrected chi connectivity index (χ4v) is 2.21. The first kappa shape index (κ1) is 17.5. The Labute approximate surface area is 133 Å². The Morgan fingerprint density at radius 2 is 1.67 bits per heavy atom. The summed E-state index contributed by atoms with van der Waals surface area (Å²) in [5, 5.41) is 0. The van der Waals surface area contributed by atoms with Gasteiger partial charge < -0.3 is 10.5 Å². The van der Waals surface area contributed by atoms with Crippen LogP contribution in [0.4, 0.5) is 0 Å². The van der Waals surface area contributed by atoms with Crippen LogP contribution in [-0.4, -0.2) is 0 Å². The van der Waals surface area contributed by atoms with Gasteiger partial charge in [-0.3, -0.25) is 0 Å². The molecule has 0 heterocycles. The zero-order valence-electron chi connectivity index (χ0n) is 12.5. The van der Waals surface area contributed by atoms with E-state index in [0.29, 0.717) is 0 Å². The number of benzene rings is 2. The topological polar surface area (TPSA) is 35.2 Å². The normalized spacial score (nSPS) is 11.5. The summed E-state index contributed by atoms with van der Waals surface area (Å²) in [6.45, 7) is 2.21. The van der Waals surface area contributed by atoms with Gasteiger partial charge in [-0.05, 0) is 36.2 Å². The Morgan fingerprint density at radius 1 is 0.952 bits per heavy atom. The lowest BCUT2D eigenvalue weighted by atomic mass is 10.0. The van der Waals surface area contributed by atoms with E-state index in [-0.39, 0.29) is 18.4 Å². The summed E-state index contributed by atoms with van der Waals surface area (Å²) in [5.41, 5.74) is 7.39. The molecular formula is C18H24ClNO. The minimum absolute atomic E-state index is 0. The van der Waals surface area contributed by atoms with Crippen LogP contribution in [0, 0.1) is 0 Å². The van der Waals surface area contributed by atoms with E-state index < -0.39 is 0 Å². The van der Waals surface area contributed by atoms with E-state index in [2.05, 4.69) is 13.0 Å². The van der Waals surface area contributed by atoms with Crippen LogP contribution in [0.2, 0.25) is 0 Å². The van der Waals surface area contributed by atoms with E-state index in [1.54, 1.807) is 0 Å². The minimum atomic E-state index is 0. The first-order valence-electron chi connectivity index (χ1n) is 7.38. The van der Waals surface area contributed by atoms with Crippen LogP contribution in [-0.2, 0) is 0 Å². The van der Waals surface area contributed by atoms with Gasteiger partial charge in [-0.25, -0.2) is 0 Å². The van der Waals surface area contributed by atoms with Crippen LogP contribution in [0.25, 0.3) is 0 Å². The van der Waals surface area contributed by atoms with Crippen molar-refractivity contribution < 1.29 is 4.74 Å². The quantitative estimate of drug-likeness (QED) is 0.687. The summed E-state index contributed by atoms with van der Waals surface area (Å²) in [7, 11) is 0. The van der Waals surface area contributed by atoms with E-state index >= 15 is 0 Å². The van der Waals surface area contributed by atoms with Crippen molar-refractivity contribution in [1.29, 1.82) is 0 Å². The van der Waals surface area contributed by atoms with Crippen LogP contribution in [0.3, 0.4) is 0 Å². The summed E-state index contributed by atoms with van der Waals surface area (Å²) in [4.78, 5) is 0. The molecule has 3 heteroatoms. The Bertz CT molecular complexity index is 516. The molecule has 0 saturated heterocycles. The lowest BCUT2D eigenvalue weighted by molar-refractivity contribution is 0.480. The van der Waals surface area contributed by atoms with E-state index in [9.17, 15) is 0 Å². The molecule has 2 aromatic rings. The lowest BCUT2D eigenvalue weighted by Gasteiger charge is -2.13. The zero-order valence-corrected chi connectivity index (χ0v) is 13.3. The standard InChI is InChI=1S/C18H23NO.ClH/c1-2-3-5-13-18(19)15-9-8-12-17(14-15)20-16-10-6-4-7-11-16;/h4,6-12,14,18H,2-3,5,13,19H2,1H3;1H/t18-;/m1./s1. The summed E-state index contributed by atoms with van der Waals surface area (Å²) < 4.78 is 5.84. The molecule has 0 saturated carbocycles. The van der Waals surface area contributed by atoms with Crippen molar-refractivity contribution in [2.75, 3.05) is 0 Å². The molecule has 21 heavy (non-hydrogen) atoms. The van der Waals surface area contributed by atoms with Crippen molar-refractivity contribution in [3.63, 3.8) is 0 Å². The van der Waals surface area contributed by atoms with Crippen LogP contribution in [0.1, 0.15) is 44.2 Å². The van der Waals surface area contributed by atoms with Crippen molar-refractivity contribution in [1.82, 2.24) is 0 Å². The number of ether oxygens (including phenoxy) is 1. The summed E-state index contributed by atoms with van der Waals surface area (Å²) in [6.07, 6.45) is 4.68. The maximum atomic E-state index is 6.24. The number of para-hydroxylation sites is 1. The maximum Gasteiger partial charge on any atom is 0.127 e. The largest absolute Gasteiger partial charge is 0.457 e. The molecule has 0 unspecified atom stereocenters. The van der Waals surface area contributed by atoms with Crippen LogP contribution < -0.4 is 10.5 Å². The monoisotopic (exact) mass is 305 g/mol. The number of halogens is 1. The van der Waals surface area contributed by atoms with Crippen LogP contribution >= 0.6 is 12.4 Å². The fourth-order valence-electron chi connectivity index (χ4n) is 2.21. The third-order valence-corrected chi connectivity index (χ3v) is 3.38. The fraction of sp³-hybridized carbons (Fsp3) is 0.333. The molecule has 0 aromatic heterocycles. The first-order valence-corrected chi connectivity index (χ1v) is 7.38. The van der Waals surface area contributed by atoms with Crippen LogP contribution in [0.5, 0.6) is 11.5 Å². The molecule has 0 aliphatic heterocycles. The molecule has 0 fully saturated rings. The molecule has 0 bridgehead atoms. The number of nitrogens with two attached hydrogens (primary N) is 1. The van der Waals surface area contributed by atoms with Gasteiger partial charge in [0.1, 0.15) is 11.5 Å². The molecule has 2 aromatic carbocycles. The second kappa shape index (κ2) is 9.43. The third kappa shape index (κ3) is 5.78. The van der Waals surface area contributed by atoms with Gasteiger partial charge in [-0.1, -0.05) is 56.5 Å². The average Bonchev–Trinajstić information content (AvgIpc) is 2.49. The Morgan fingerprint density at radius 3 is 2.38 bits per heavy atom. The average molecular weight is 306 g/mol. The molecule has 114 valence electrons. The Kier molecular flexibility index (Phi) is 7.88. The van der Waals surface area contributed by atoms with Gasteiger partial charge in [0.25, 0.3) is 0 Å². The van der Waals surface area contributed by atoms with E-state index in [1.165, 1.54) is 19.3 Å². The highest BCUT2D eigenvalue weighted by atomic mass is 35.5. The number of hydrogen-bond donors (Lipinski definition) is 1. The number of rotatable bonds is 7.